The third-order valence-electron chi connectivity index (χ3n) is 0.644. The van der Waals surface area contributed by atoms with Gasteiger partial charge in [-0.1, -0.05) is 0 Å². The van der Waals surface area contributed by atoms with Gasteiger partial charge in [0.1, 0.15) is 12.6 Å². The molecule has 0 radical (unpaired) electrons. The van der Waals surface area contributed by atoms with Crippen molar-refractivity contribution in [3.8, 4) is 0 Å². The number of rotatable bonds is 4. The highest BCUT2D eigenvalue weighted by atomic mass is 16.1. The van der Waals surface area contributed by atoms with Crippen molar-refractivity contribution in [3.05, 3.63) is 13.2 Å². The van der Waals surface area contributed by atoms with Gasteiger partial charge in [0.25, 0.3) is 0 Å². The van der Waals surface area contributed by atoms with Crippen LogP contribution in [0.5, 0.6) is 0 Å². The molecule has 0 saturated carbocycles. The first-order valence-electron chi connectivity index (χ1n) is 2.79. The van der Waals surface area contributed by atoms with Crippen LogP contribution in [0.15, 0.2) is 13.2 Å². The minimum absolute atomic E-state index is 0.513. The van der Waals surface area contributed by atoms with E-state index in [1.807, 2.05) is 0 Å². The molecule has 2 nitrogen and oxygen atoms in total. The van der Waals surface area contributed by atoms with Gasteiger partial charge >= 0.3 is 0 Å². The molecule has 0 fully saturated rings. The second-order valence-corrected chi connectivity index (χ2v) is 1.26. The largest absolute Gasteiger partial charge is 0.303 e. The number of hydrogen-bond donors (Lipinski definition) is 0. The van der Waals surface area contributed by atoms with Crippen LogP contribution in [0.4, 0.5) is 0 Å². The first-order valence-corrected chi connectivity index (χ1v) is 2.79. The summed E-state index contributed by atoms with van der Waals surface area (Å²) in [4.78, 5) is 19.1. The molecule has 0 bridgehead atoms. The minimum atomic E-state index is 0.513. The molecule has 0 rings (SSSR count). The van der Waals surface area contributed by atoms with Gasteiger partial charge in [0.15, 0.2) is 0 Å². The summed E-state index contributed by atoms with van der Waals surface area (Å²) in [6.45, 7) is 6.00. The molecule has 0 N–H and O–H groups in total. The number of hydrogen-bond acceptors (Lipinski definition) is 2. The number of carbonyl (C=O) groups excluding carboxylic acids is 2. The number of aldehydes is 2. The Hall–Kier alpha value is -0.920. The fourth-order valence-corrected chi connectivity index (χ4v) is 0.285. The predicted molar refractivity (Wildman–Crippen MR) is 37.2 cm³/mol. The van der Waals surface area contributed by atoms with Crippen molar-refractivity contribution in [2.45, 2.75) is 19.3 Å². The lowest BCUT2D eigenvalue weighted by atomic mass is 10.3. The van der Waals surface area contributed by atoms with Crippen LogP contribution in [0.1, 0.15) is 19.3 Å². The van der Waals surface area contributed by atoms with Gasteiger partial charge in [-0.2, -0.15) is 0 Å². The van der Waals surface area contributed by atoms with Crippen LogP contribution in [-0.2, 0) is 9.59 Å². The number of carbonyl (C=O) groups is 2. The quantitative estimate of drug-likeness (QED) is 0.325. The van der Waals surface area contributed by atoms with Gasteiger partial charge in [0, 0.05) is 12.8 Å². The van der Waals surface area contributed by atoms with E-state index in [4.69, 9.17) is 0 Å². The van der Waals surface area contributed by atoms with Gasteiger partial charge in [-0.25, -0.2) is 0 Å². The Balaban J connectivity index is 0. The van der Waals surface area contributed by atoms with E-state index in [-0.39, 0.29) is 0 Å². The normalized spacial score (nSPS) is 6.67. The molecular formula is C7H12O2. The zero-order valence-corrected chi connectivity index (χ0v) is 5.51. The summed E-state index contributed by atoms with van der Waals surface area (Å²) < 4.78 is 0. The van der Waals surface area contributed by atoms with Crippen LogP contribution in [0.25, 0.3) is 0 Å². The highest BCUT2D eigenvalue weighted by molar-refractivity contribution is 5.52. The minimum Gasteiger partial charge on any atom is -0.303 e. The number of unbranched alkanes of at least 4 members (excludes halogenated alkanes) is 2. The van der Waals surface area contributed by atoms with E-state index in [0.29, 0.717) is 19.3 Å². The molecule has 0 aliphatic carbocycles. The Labute approximate surface area is 55.6 Å². The van der Waals surface area contributed by atoms with E-state index in [0.717, 1.165) is 12.6 Å². The first kappa shape index (κ1) is 11.0. The highest BCUT2D eigenvalue weighted by Crippen LogP contribution is 1.85. The molecule has 2 heteroatoms. The van der Waals surface area contributed by atoms with Crippen LogP contribution in [-0.4, -0.2) is 12.6 Å². The molecule has 0 aromatic heterocycles. The van der Waals surface area contributed by atoms with E-state index in [2.05, 4.69) is 13.2 Å². The fraction of sp³-hybridized carbons (Fsp3) is 0.429. The van der Waals surface area contributed by atoms with Gasteiger partial charge in [0.2, 0.25) is 0 Å². The molecule has 52 valence electrons. The standard InChI is InChI=1S/C5H8O2.C2H4/c6-4-2-1-3-5-7;1-2/h4-5H,1-3H2;1-2H2. The van der Waals surface area contributed by atoms with Gasteiger partial charge in [0.05, 0.1) is 0 Å². The summed E-state index contributed by atoms with van der Waals surface area (Å²) in [6, 6.07) is 0. The average Bonchev–Trinajstić information content (AvgIpc) is 1.94. The molecular weight excluding hydrogens is 116 g/mol. The Kier molecular flexibility index (Phi) is 19.1. The first-order chi connectivity index (χ1) is 4.41. The summed E-state index contributed by atoms with van der Waals surface area (Å²) in [6.07, 6.45) is 3.37. The third-order valence-corrected chi connectivity index (χ3v) is 0.644. The lowest BCUT2D eigenvalue weighted by molar-refractivity contribution is -0.108. The second-order valence-electron chi connectivity index (χ2n) is 1.26. The summed E-state index contributed by atoms with van der Waals surface area (Å²) in [7, 11) is 0. The Bertz CT molecular complexity index is 61.3. The van der Waals surface area contributed by atoms with E-state index in [1.165, 1.54) is 0 Å². The van der Waals surface area contributed by atoms with Crippen LogP contribution >= 0.6 is 0 Å². The van der Waals surface area contributed by atoms with Crippen molar-refractivity contribution in [3.63, 3.8) is 0 Å². The van der Waals surface area contributed by atoms with Crippen molar-refractivity contribution in [1.29, 1.82) is 0 Å². The average molecular weight is 128 g/mol. The Morgan fingerprint density at radius 3 is 1.56 bits per heavy atom. The lowest BCUT2D eigenvalue weighted by Crippen LogP contribution is -1.76. The van der Waals surface area contributed by atoms with E-state index >= 15 is 0 Å². The topological polar surface area (TPSA) is 34.1 Å². The molecule has 0 atom stereocenters. The molecule has 0 aliphatic rings. The molecule has 0 aromatic carbocycles. The molecule has 0 unspecified atom stereocenters. The van der Waals surface area contributed by atoms with E-state index in [1.54, 1.807) is 0 Å². The summed E-state index contributed by atoms with van der Waals surface area (Å²) in [5, 5.41) is 0. The molecule has 0 amide bonds. The molecule has 9 heavy (non-hydrogen) atoms. The van der Waals surface area contributed by atoms with Crippen molar-refractivity contribution in [1.82, 2.24) is 0 Å². The van der Waals surface area contributed by atoms with Gasteiger partial charge in [-0.15, -0.1) is 13.2 Å². The van der Waals surface area contributed by atoms with Crippen LogP contribution in [0, 0.1) is 0 Å². The Morgan fingerprint density at radius 2 is 1.33 bits per heavy atom. The zero-order valence-electron chi connectivity index (χ0n) is 5.51. The van der Waals surface area contributed by atoms with Gasteiger partial charge in [-0.05, 0) is 6.42 Å². The molecule has 0 aromatic rings. The summed E-state index contributed by atoms with van der Waals surface area (Å²) in [5.74, 6) is 0. The third kappa shape index (κ3) is 19.3. The Morgan fingerprint density at radius 1 is 1.00 bits per heavy atom. The summed E-state index contributed by atoms with van der Waals surface area (Å²) in [5.41, 5.74) is 0. The van der Waals surface area contributed by atoms with E-state index in [9.17, 15) is 9.59 Å². The maximum absolute atomic E-state index is 9.56. The van der Waals surface area contributed by atoms with Crippen LogP contribution in [0.3, 0.4) is 0 Å². The van der Waals surface area contributed by atoms with Crippen molar-refractivity contribution in [2.24, 2.45) is 0 Å². The second kappa shape index (κ2) is 15.7. The zero-order chi connectivity index (χ0) is 7.54. The maximum Gasteiger partial charge on any atom is 0.120 e. The van der Waals surface area contributed by atoms with Crippen LogP contribution in [0.2, 0.25) is 0 Å². The van der Waals surface area contributed by atoms with Crippen molar-refractivity contribution in [2.75, 3.05) is 0 Å². The van der Waals surface area contributed by atoms with Crippen LogP contribution < -0.4 is 0 Å². The molecule has 0 aliphatic heterocycles. The highest BCUT2D eigenvalue weighted by Gasteiger charge is 1.80. The fourth-order valence-electron chi connectivity index (χ4n) is 0.285. The lowest BCUT2D eigenvalue weighted by Gasteiger charge is -1.78. The van der Waals surface area contributed by atoms with E-state index < -0.39 is 0 Å². The van der Waals surface area contributed by atoms with Crippen molar-refractivity contribution < 1.29 is 9.59 Å². The van der Waals surface area contributed by atoms with Gasteiger partial charge in [-0.3, -0.25) is 0 Å². The molecule has 0 saturated heterocycles. The SMILES string of the molecule is C=C.O=CCCCC=O. The molecule has 0 spiro atoms. The maximum atomic E-state index is 9.56. The van der Waals surface area contributed by atoms with Gasteiger partial charge < -0.3 is 9.59 Å². The summed E-state index contributed by atoms with van der Waals surface area (Å²) >= 11 is 0. The monoisotopic (exact) mass is 128 g/mol. The predicted octanol–water partition coefficient (Wildman–Crippen LogP) is 1.36. The smallest absolute Gasteiger partial charge is 0.120 e. The van der Waals surface area contributed by atoms with Crippen molar-refractivity contribution >= 4 is 12.6 Å². The molecule has 0 heterocycles.